The maximum atomic E-state index is 13.2. The van der Waals surface area contributed by atoms with E-state index in [0.717, 1.165) is 5.56 Å². The Morgan fingerprint density at radius 1 is 1.17 bits per heavy atom. The lowest BCUT2D eigenvalue weighted by molar-refractivity contribution is 0.215. The van der Waals surface area contributed by atoms with Gasteiger partial charge >= 0.3 is 7.60 Å². The minimum absolute atomic E-state index is 0.188. The molecule has 0 N–H and O–H groups in total. The smallest absolute Gasteiger partial charge is 0.343 e. The zero-order chi connectivity index (χ0) is 21.3. The van der Waals surface area contributed by atoms with Crippen LogP contribution in [-0.2, 0) is 29.1 Å². The first-order valence-corrected chi connectivity index (χ1v) is 12.7. The summed E-state index contributed by atoms with van der Waals surface area (Å²) in [6, 6.07) is 7.06. The van der Waals surface area contributed by atoms with Gasteiger partial charge in [0.2, 0.25) is 8.03 Å². The Hall–Kier alpha value is -1.34. The van der Waals surface area contributed by atoms with Gasteiger partial charge in [0.1, 0.15) is 17.5 Å². The van der Waals surface area contributed by atoms with Gasteiger partial charge in [0, 0.05) is 12.4 Å². The average Bonchev–Trinajstić information content (AvgIpc) is 3.23. The number of ether oxygens (including phenoxy) is 1. The van der Waals surface area contributed by atoms with Crippen LogP contribution in [-0.4, -0.2) is 39.9 Å². The van der Waals surface area contributed by atoms with Crippen molar-refractivity contribution < 1.29 is 27.4 Å². The highest BCUT2D eigenvalue weighted by atomic mass is 32.1. The molecule has 0 bridgehead atoms. The fourth-order valence-electron chi connectivity index (χ4n) is 2.58. The van der Waals surface area contributed by atoms with E-state index in [1.807, 2.05) is 0 Å². The molecule has 2 rings (SSSR count). The topological polar surface area (TPSA) is 88.9 Å². The molecule has 2 unspecified atom stereocenters. The molecule has 0 aliphatic carbocycles. The SMILES string of the molecule is CCO[PH](=O)C(Cc1ccc(OC(=S)n2ccnc2)cc1)P(=O)(OCC)OCC. The van der Waals surface area contributed by atoms with E-state index in [9.17, 15) is 9.13 Å². The molecule has 8 nitrogen and oxygen atoms in total. The second kappa shape index (κ2) is 11.7. The molecular formula is C18H26N2O6P2S. The molecule has 0 spiro atoms. The molecule has 0 aliphatic heterocycles. The van der Waals surface area contributed by atoms with Crippen LogP contribution in [0.2, 0.25) is 0 Å². The van der Waals surface area contributed by atoms with Gasteiger partial charge in [-0.1, -0.05) is 12.1 Å². The van der Waals surface area contributed by atoms with Crippen molar-refractivity contribution in [3.05, 3.63) is 48.5 Å². The maximum Gasteiger partial charge on any atom is 0.343 e. The molecule has 0 saturated heterocycles. The number of aromatic nitrogens is 2. The summed E-state index contributed by atoms with van der Waals surface area (Å²) in [7, 11) is -6.26. The highest BCUT2D eigenvalue weighted by molar-refractivity contribution is 7.80. The van der Waals surface area contributed by atoms with Crippen LogP contribution < -0.4 is 4.74 Å². The molecule has 1 heterocycles. The minimum Gasteiger partial charge on any atom is -0.431 e. The monoisotopic (exact) mass is 460 g/mol. The number of hydrogen-bond donors (Lipinski definition) is 0. The maximum absolute atomic E-state index is 13.2. The van der Waals surface area contributed by atoms with E-state index in [2.05, 4.69) is 4.98 Å². The second-order valence-electron chi connectivity index (χ2n) is 5.83. The molecule has 1 aromatic heterocycles. The Bertz CT molecular complexity index is 835. The Labute approximate surface area is 176 Å². The van der Waals surface area contributed by atoms with Crippen molar-refractivity contribution in [1.82, 2.24) is 9.55 Å². The normalized spacial score (nSPS) is 13.8. The molecule has 0 saturated carbocycles. The van der Waals surface area contributed by atoms with Gasteiger partial charge in [-0.15, -0.1) is 0 Å². The first kappa shape index (κ1) is 23.9. The number of imidazole rings is 1. The van der Waals surface area contributed by atoms with Gasteiger partial charge in [-0.3, -0.25) is 13.7 Å². The largest absolute Gasteiger partial charge is 0.431 e. The second-order valence-corrected chi connectivity index (χ2v) is 10.5. The lowest BCUT2D eigenvalue weighted by Gasteiger charge is -2.25. The molecule has 11 heteroatoms. The van der Waals surface area contributed by atoms with Gasteiger partial charge in [-0.25, -0.2) is 4.98 Å². The van der Waals surface area contributed by atoms with Gasteiger partial charge in [-0.05, 0) is 57.1 Å². The number of hydrogen-bond acceptors (Lipinski definition) is 8. The molecule has 29 heavy (non-hydrogen) atoms. The Morgan fingerprint density at radius 2 is 1.83 bits per heavy atom. The summed E-state index contributed by atoms with van der Waals surface area (Å²) in [6.45, 7) is 5.80. The summed E-state index contributed by atoms with van der Waals surface area (Å²) < 4.78 is 49.2. The van der Waals surface area contributed by atoms with Crippen LogP contribution in [0.5, 0.6) is 5.75 Å². The van der Waals surface area contributed by atoms with E-state index >= 15 is 0 Å². The number of nitrogens with zero attached hydrogens (tertiary/aromatic N) is 2. The molecule has 2 aromatic rings. The van der Waals surface area contributed by atoms with Crippen LogP contribution in [0.3, 0.4) is 0 Å². The Morgan fingerprint density at radius 3 is 2.34 bits per heavy atom. The van der Waals surface area contributed by atoms with Gasteiger partial charge < -0.3 is 18.3 Å². The quantitative estimate of drug-likeness (QED) is 0.351. The molecule has 1 aromatic carbocycles. The van der Waals surface area contributed by atoms with Crippen molar-refractivity contribution in [3.8, 4) is 5.75 Å². The van der Waals surface area contributed by atoms with Gasteiger partial charge in [0.15, 0.2) is 0 Å². The Balaban J connectivity index is 2.16. The van der Waals surface area contributed by atoms with E-state index in [-0.39, 0.29) is 31.4 Å². The number of rotatable bonds is 11. The average molecular weight is 460 g/mol. The summed E-state index contributed by atoms with van der Waals surface area (Å²) in [5, 5.41) is -0.627. The summed E-state index contributed by atoms with van der Waals surface area (Å²) in [5.41, 5.74) is 0.800. The van der Waals surface area contributed by atoms with Crippen LogP contribution in [0.4, 0.5) is 0 Å². The minimum atomic E-state index is -3.60. The van der Waals surface area contributed by atoms with Crippen LogP contribution in [0, 0.1) is 0 Å². The first-order chi connectivity index (χ1) is 13.9. The standard InChI is InChI=1S/C18H26N2O6P2S/c1-4-23-27(21)17(28(22,24-5-2)25-6-3)13-15-7-9-16(10-8-15)26-18(29)20-12-11-19-14-20/h7-12,14,17,27H,4-6,13H2,1-3H3. The molecule has 2 atom stereocenters. The zero-order valence-electron chi connectivity index (χ0n) is 16.6. The van der Waals surface area contributed by atoms with Crippen molar-refractivity contribution in [2.24, 2.45) is 0 Å². The van der Waals surface area contributed by atoms with Gasteiger partial charge in [0.05, 0.1) is 19.8 Å². The van der Waals surface area contributed by atoms with E-state index < -0.39 is 21.0 Å². The fraction of sp³-hybridized carbons (Fsp3) is 0.444. The van der Waals surface area contributed by atoms with Crippen LogP contribution in [0.15, 0.2) is 43.0 Å². The fourth-order valence-corrected chi connectivity index (χ4v) is 6.95. The molecule has 160 valence electrons. The molecule has 0 aliphatic rings. The van der Waals surface area contributed by atoms with Crippen molar-refractivity contribution in [2.45, 2.75) is 32.6 Å². The number of thiocarbonyl (C=S) groups is 1. The Kier molecular flexibility index (Phi) is 9.69. The molecule has 0 radical (unpaired) electrons. The summed E-state index contributed by atoms with van der Waals surface area (Å²) >= 11 is 5.21. The molecule has 0 amide bonds. The molecule has 0 fully saturated rings. The zero-order valence-corrected chi connectivity index (χ0v) is 19.4. The van der Waals surface area contributed by atoms with E-state index in [1.165, 1.54) is 0 Å². The van der Waals surface area contributed by atoms with Crippen molar-refractivity contribution in [1.29, 1.82) is 0 Å². The van der Waals surface area contributed by atoms with E-state index in [1.54, 1.807) is 68.3 Å². The van der Waals surface area contributed by atoms with Gasteiger partial charge in [0.25, 0.3) is 5.17 Å². The predicted octanol–water partition coefficient (Wildman–Crippen LogP) is 4.74. The lowest BCUT2D eigenvalue weighted by Crippen LogP contribution is -2.15. The molecular weight excluding hydrogens is 434 g/mol. The van der Waals surface area contributed by atoms with Crippen LogP contribution in [0.25, 0.3) is 0 Å². The summed E-state index contributed by atoms with van der Waals surface area (Å²) in [4.78, 5) is 3.92. The van der Waals surface area contributed by atoms with Crippen molar-refractivity contribution >= 4 is 33.0 Å². The van der Waals surface area contributed by atoms with E-state index in [4.69, 9.17) is 30.5 Å². The lowest BCUT2D eigenvalue weighted by atomic mass is 10.2. The predicted molar refractivity (Wildman–Crippen MR) is 116 cm³/mol. The van der Waals surface area contributed by atoms with Crippen molar-refractivity contribution in [2.75, 3.05) is 19.8 Å². The number of benzene rings is 1. The third-order valence-corrected chi connectivity index (χ3v) is 9.21. The van der Waals surface area contributed by atoms with Gasteiger partial charge in [-0.2, -0.15) is 0 Å². The van der Waals surface area contributed by atoms with Crippen LogP contribution in [0.1, 0.15) is 26.3 Å². The third-order valence-electron chi connectivity index (χ3n) is 3.83. The van der Waals surface area contributed by atoms with Crippen molar-refractivity contribution in [3.63, 3.8) is 0 Å². The first-order valence-electron chi connectivity index (χ1n) is 9.28. The highest BCUT2D eigenvalue weighted by Gasteiger charge is 2.40. The highest BCUT2D eigenvalue weighted by Crippen LogP contribution is 2.62. The van der Waals surface area contributed by atoms with E-state index in [0.29, 0.717) is 5.75 Å². The summed E-state index contributed by atoms with van der Waals surface area (Å²) in [5.74, 6) is 0.541. The third kappa shape index (κ3) is 6.85. The summed E-state index contributed by atoms with van der Waals surface area (Å²) in [6.07, 6.45) is 5.06. The van der Waals surface area contributed by atoms with Crippen LogP contribution >= 0.6 is 27.8 Å².